The zero-order chi connectivity index (χ0) is 25.3. The molecule has 2 N–H and O–H groups in total. The quantitative estimate of drug-likeness (QED) is 0.483. The van der Waals surface area contributed by atoms with Crippen molar-refractivity contribution in [3.8, 4) is 5.75 Å². The lowest BCUT2D eigenvalue weighted by Gasteiger charge is -2.40. The van der Waals surface area contributed by atoms with Crippen molar-refractivity contribution in [1.82, 2.24) is 19.6 Å². The minimum absolute atomic E-state index is 0.121. The summed E-state index contributed by atoms with van der Waals surface area (Å²) in [6.45, 7) is 7.08. The van der Waals surface area contributed by atoms with Gasteiger partial charge in [0.2, 0.25) is 0 Å². The van der Waals surface area contributed by atoms with E-state index in [-0.39, 0.29) is 18.2 Å². The first kappa shape index (κ1) is 25.3. The monoisotopic (exact) mass is 497 g/mol. The van der Waals surface area contributed by atoms with Crippen LogP contribution < -0.4 is 10.2 Å². The van der Waals surface area contributed by atoms with Crippen LogP contribution in [0.1, 0.15) is 59.8 Å². The van der Waals surface area contributed by atoms with E-state index < -0.39 is 0 Å². The van der Waals surface area contributed by atoms with E-state index in [9.17, 15) is 9.90 Å². The van der Waals surface area contributed by atoms with Gasteiger partial charge in [0.15, 0.2) is 0 Å². The van der Waals surface area contributed by atoms with Crippen molar-refractivity contribution in [3.63, 3.8) is 0 Å². The predicted octanol–water partition coefficient (Wildman–Crippen LogP) is 4.94. The molecular formula is C27H36ClN5O2. The molecule has 0 atom stereocenters. The van der Waals surface area contributed by atoms with E-state index in [1.54, 1.807) is 18.3 Å². The molecule has 2 aromatic heterocycles. The molecule has 0 unspecified atom stereocenters. The highest BCUT2D eigenvalue weighted by Gasteiger charge is 2.28. The van der Waals surface area contributed by atoms with E-state index in [4.69, 9.17) is 11.6 Å². The van der Waals surface area contributed by atoms with Gasteiger partial charge in [-0.05, 0) is 84.3 Å². The summed E-state index contributed by atoms with van der Waals surface area (Å²) < 4.78 is 1.90. The third-order valence-corrected chi connectivity index (χ3v) is 7.67. The van der Waals surface area contributed by atoms with Gasteiger partial charge in [0.25, 0.3) is 5.91 Å². The first-order chi connectivity index (χ1) is 16.7. The number of imidazole rings is 1. The number of halogens is 1. The molecule has 1 aromatic carbocycles. The maximum absolute atomic E-state index is 13.3. The molecule has 1 fully saturated rings. The summed E-state index contributed by atoms with van der Waals surface area (Å²) in [5, 5.41) is 14.0. The average Bonchev–Trinajstić information content (AvgIpc) is 3.32. The molecule has 0 aliphatic heterocycles. The molecule has 1 aliphatic carbocycles. The second-order valence-electron chi connectivity index (χ2n) is 9.76. The molecule has 4 rings (SSSR count). The highest BCUT2D eigenvalue weighted by Crippen LogP contribution is 2.34. The van der Waals surface area contributed by atoms with Crippen LogP contribution >= 0.6 is 11.6 Å². The summed E-state index contributed by atoms with van der Waals surface area (Å²) in [7, 11) is 4.31. The van der Waals surface area contributed by atoms with Crippen molar-refractivity contribution in [1.29, 1.82) is 0 Å². The fourth-order valence-electron chi connectivity index (χ4n) is 5.42. The Labute approximate surface area is 212 Å². The molecule has 0 saturated heterocycles. The lowest BCUT2D eigenvalue weighted by atomic mass is 9.89. The van der Waals surface area contributed by atoms with E-state index >= 15 is 0 Å². The molecule has 188 valence electrons. The van der Waals surface area contributed by atoms with E-state index in [0.717, 1.165) is 36.3 Å². The Morgan fingerprint density at radius 2 is 1.86 bits per heavy atom. The van der Waals surface area contributed by atoms with Gasteiger partial charge in [0.1, 0.15) is 11.4 Å². The van der Waals surface area contributed by atoms with Crippen LogP contribution in [0.25, 0.3) is 5.65 Å². The second kappa shape index (κ2) is 10.5. The first-order valence-electron chi connectivity index (χ1n) is 12.4. The standard InChI is InChI=1S/C27H36ClN5O2/c1-6-32(21-9-7-20(8-10-21)31(4)5)24-15-19(28)14-22(18(24)3)27(35)30-16-23-25(34)13-17(2)33-12-11-29-26(23)33/h11-15,20-21,34H,6-10,16H2,1-5H3,(H,30,35)/t20-,21-. The lowest BCUT2D eigenvalue weighted by molar-refractivity contribution is 0.0950. The van der Waals surface area contributed by atoms with Crippen molar-refractivity contribution in [3.05, 3.63) is 58.0 Å². The number of amides is 1. The number of benzene rings is 1. The number of carbonyl (C=O) groups is 1. The maximum Gasteiger partial charge on any atom is 0.251 e. The summed E-state index contributed by atoms with van der Waals surface area (Å²) in [6, 6.07) is 6.46. The molecule has 7 nitrogen and oxygen atoms in total. The lowest BCUT2D eigenvalue weighted by Crippen LogP contribution is -2.42. The van der Waals surface area contributed by atoms with Gasteiger partial charge in [0, 0.05) is 53.0 Å². The summed E-state index contributed by atoms with van der Waals surface area (Å²) in [6.07, 6.45) is 8.11. The maximum atomic E-state index is 13.3. The number of carbonyl (C=O) groups excluding carboxylic acids is 1. The third kappa shape index (κ3) is 5.11. The number of aromatic nitrogens is 2. The van der Waals surface area contributed by atoms with E-state index in [2.05, 4.69) is 41.1 Å². The minimum Gasteiger partial charge on any atom is -0.507 e. The topological polar surface area (TPSA) is 73.1 Å². The number of pyridine rings is 1. The molecule has 8 heteroatoms. The van der Waals surface area contributed by atoms with Crippen LogP contribution in [0.3, 0.4) is 0 Å². The number of aromatic hydroxyl groups is 1. The second-order valence-corrected chi connectivity index (χ2v) is 10.2. The van der Waals surface area contributed by atoms with Gasteiger partial charge in [-0.25, -0.2) is 4.98 Å². The molecule has 1 aliphatic rings. The molecule has 0 spiro atoms. The Morgan fingerprint density at radius 1 is 1.17 bits per heavy atom. The normalized spacial score (nSPS) is 18.3. The minimum atomic E-state index is -0.219. The predicted molar refractivity (Wildman–Crippen MR) is 142 cm³/mol. The number of hydrogen-bond acceptors (Lipinski definition) is 5. The van der Waals surface area contributed by atoms with Crippen molar-refractivity contribution in [2.24, 2.45) is 0 Å². The van der Waals surface area contributed by atoms with Crippen LogP contribution in [0.5, 0.6) is 5.75 Å². The summed E-state index contributed by atoms with van der Waals surface area (Å²) in [5.74, 6) is -0.0983. The van der Waals surface area contributed by atoms with E-state index in [0.29, 0.717) is 33.9 Å². The Bertz CT molecular complexity index is 1210. The zero-order valence-corrected chi connectivity index (χ0v) is 22.1. The summed E-state index contributed by atoms with van der Waals surface area (Å²) >= 11 is 6.53. The van der Waals surface area contributed by atoms with Gasteiger partial charge < -0.3 is 24.6 Å². The fraction of sp³-hybridized carbons (Fsp3) is 0.481. The van der Waals surface area contributed by atoms with Crippen molar-refractivity contribution in [2.75, 3.05) is 25.5 Å². The van der Waals surface area contributed by atoms with Crippen LogP contribution in [-0.4, -0.2) is 58.0 Å². The molecule has 1 saturated carbocycles. The molecule has 0 radical (unpaired) electrons. The Hall–Kier alpha value is -2.77. The molecule has 35 heavy (non-hydrogen) atoms. The highest BCUT2D eigenvalue weighted by molar-refractivity contribution is 6.31. The Balaban J connectivity index is 1.56. The smallest absolute Gasteiger partial charge is 0.251 e. The fourth-order valence-corrected chi connectivity index (χ4v) is 5.64. The largest absolute Gasteiger partial charge is 0.507 e. The van der Waals surface area contributed by atoms with Crippen molar-refractivity contribution in [2.45, 2.75) is 65.1 Å². The number of fused-ring (bicyclic) bond motifs is 1. The van der Waals surface area contributed by atoms with Gasteiger partial charge in [-0.3, -0.25) is 4.79 Å². The van der Waals surface area contributed by atoms with E-state index in [1.165, 1.54) is 12.8 Å². The van der Waals surface area contributed by atoms with Crippen molar-refractivity contribution >= 4 is 28.8 Å². The van der Waals surface area contributed by atoms with Crippen LogP contribution in [0.2, 0.25) is 5.02 Å². The molecule has 2 heterocycles. The number of anilines is 1. The highest BCUT2D eigenvalue weighted by atomic mass is 35.5. The summed E-state index contributed by atoms with van der Waals surface area (Å²) in [5.41, 5.74) is 4.59. The number of nitrogens with zero attached hydrogens (tertiary/aromatic N) is 4. The number of hydrogen-bond donors (Lipinski definition) is 2. The third-order valence-electron chi connectivity index (χ3n) is 7.45. The van der Waals surface area contributed by atoms with Crippen LogP contribution in [-0.2, 0) is 6.54 Å². The van der Waals surface area contributed by atoms with Gasteiger partial charge in [-0.1, -0.05) is 11.6 Å². The van der Waals surface area contributed by atoms with Gasteiger partial charge >= 0.3 is 0 Å². The molecular weight excluding hydrogens is 462 g/mol. The number of nitrogens with one attached hydrogen (secondary N) is 1. The molecule has 0 bridgehead atoms. The Morgan fingerprint density at radius 3 is 2.51 bits per heavy atom. The van der Waals surface area contributed by atoms with Crippen LogP contribution in [0.4, 0.5) is 5.69 Å². The van der Waals surface area contributed by atoms with Crippen LogP contribution in [0, 0.1) is 13.8 Å². The zero-order valence-electron chi connectivity index (χ0n) is 21.3. The van der Waals surface area contributed by atoms with Gasteiger partial charge in [-0.2, -0.15) is 0 Å². The molecule has 1 amide bonds. The number of rotatable bonds is 7. The van der Waals surface area contributed by atoms with Gasteiger partial charge in [-0.15, -0.1) is 0 Å². The average molecular weight is 498 g/mol. The van der Waals surface area contributed by atoms with Crippen molar-refractivity contribution < 1.29 is 9.90 Å². The number of aryl methyl sites for hydroxylation is 1. The Kier molecular flexibility index (Phi) is 7.57. The van der Waals surface area contributed by atoms with Gasteiger partial charge in [0.05, 0.1) is 12.1 Å². The molecule has 3 aromatic rings. The van der Waals surface area contributed by atoms with E-state index in [1.807, 2.05) is 30.5 Å². The summed E-state index contributed by atoms with van der Waals surface area (Å²) in [4.78, 5) is 22.4. The SMILES string of the molecule is CCN(c1cc(Cl)cc(C(=O)NCc2c(O)cc(C)n3ccnc23)c1C)[C@H]1CC[C@H](N(C)C)CC1. The first-order valence-corrected chi connectivity index (χ1v) is 12.7. The van der Waals surface area contributed by atoms with Crippen LogP contribution in [0.15, 0.2) is 30.6 Å².